The van der Waals surface area contributed by atoms with Crippen LogP contribution >= 0.6 is 0 Å². The lowest BCUT2D eigenvalue weighted by Gasteiger charge is -2.16. The second kappa shape index (κ2) is 6.32. The Hall–Kier alpha value is -2.88. The van der Waals surface area contributed by atoms with Gasteiger partial charge in [0.1, 0.15) is 0 Å². The Morgan fingerprint density at radius 3 is 2.42 bits per heavy atom. The molecule has 0 amide bonds. The molecule has 2 aromatic carbocycles. The average molecular weight is 321 g/mol. The SMILES string of the molecule is CCOC(=O)c1c(C)n(-c2ccccc2)c(=O)c2ccc(C)cc12. The van der Waals surface area contributed by atoms with E-state index in [4.69, 9.17) is 4.74 Å². The monoisotopic (exact) mass is 321 g/mol. The van der Waals surface area contributed by atoms with Gasteiger partial charge in [-0.1, -0.05) is 35.9 Å². The maximum atomic E-state index is 13.0. The summed E-state index contributed by atoms with van der Waals surface area (Å²) in [6, 6.07) is 14.8. The van der Waals surface area contributed by atoms with Crippen molar-refractivity contribution in [1.82, 2.24) is 4.57 Å². The molecular weight excluding hydrogens is 302 g/mol. The number of benzene rings is 2. The van der Waals surface area contributed by atoms with E-state index in [1.165, 1.54) is 0 Å². The first kappa shape index (κ1) is 16.0. The molecule has 4 heteroatoms. The van der Waals surface area contributed by atoms with Gasteiger partial charge in [0, 0.05) is 22.2 Å². The van der Waals surface area contributed by atoms with Crippen molar-refractivity contribution in [3.05, 3.63) is 75.7 Å². The molecule has 0 aliphatic rings. The van der Waals surface area contributed by atoms with Gasteiger partial charge in [-0.15, -0.1) is 0 Å². The van der Waals surface area contributed by atoms with Crippen LogP contribution in [0.1, 0.15) is 28.5 Å². The minimum Gasteiger partial charge on any atom is -0.462 e. The molecule has 0 unspecified atom stereocenters. The zero-order valence-electron chi connectivity index (χ0n) is 14.0. The molecule has 24 heavy (non-hydrogen) atoms. The smallest absolute Gasteiger partial charge is 0.340 e. The Morgan fingerprint density at radius 1 is 1.04 bits per heavy atom. The minimum absolute atomic E-state index is 0.137. The number of nitrogens with zero attached hydrogens (tertiary/aromatic N) is 1. The van der Waals surface area contributed by atoms with Crippen molar-refractivity contribution in [2.45, 2.75) is 20.8 Å². The van der Waals surface area contributed by atoms with E-state index in [2.05, 4.69) is 0 Å². The Balaban J connectivity index is 2.45. The number of ether oxygens (including phenoxy) is 1. The Labute approximate surface area is 140 Å². The number of aromatic nitrogens is 1. The number of fused-ring (bicyclic) bond motifs is 1. The molecule has 0 atom stereocenters. The van der Waals surface area contributed by atoms with Gasteiger partial charge in [-0.05, 0) is 39.0 Å². The van der Waals surface area contributed by atoms with Crippen LogP contribution in [0.3, 0.4) is 0 Å². The number of esters is 1. The maximum absolute atomic E-state index is 13.0. The van der Waals surface area contributed by atoms with Gasteiger partial charge in [-0.3, -0.25) is 9.36 Å². The third-order valence-corrected chi connectivity index (χ3v) is 4.07. The van der Waals surface area contributed by atoms with Gasteiger partial charge >= 0.3 is 5.97 Å². The molecule has 3 rings (SSSR count). The minimum atomic E-state index is -0.407. The van der Waals surface area contributed by atoms with E-state index in [0.717, 1.165) is 11.3 Å². The molecule has 0 spiro atoms. The number of aryl methyl sites for hydroxylation is 1. The summed E-state index contributed by atoms with van der Waals surface area (Å²) in [6.07, 6.45) is 0. The van der Waals surface area contributed by atoms with Crippen molar-refractivity contribution in [3.8, 4) is 5.69 Å². The van der Waals surface area contributed by atoms with Gasteiger partial charge in [0.05, 0.1) is 12.2 Å². The number of rotatable bonds is 3. The largest absolute Gasteiger partial charge is 0.462 e. The van der Waals surface area contributed by atoms with Gasteiger partial charge in [0.15, 0.2) is 0 Å². The van der Waals surface area contributed by atoms with E-state index in [1.807, 2.05) is 49.4 Å². The second-order valence-electron chi connectivity index (χ2n) is 5.71. The van der Waals surface area contributed by atoms with Crippen LogP contribution in [-0.2, 0) is 4.74 Å². The van der Waals surface area contributed by atoms with Crippen LogP contribution in [0.15, 0.2) is 53.3 Å². The Bertz CT molecular complexity index is 972. The van der Waals surface area contributed by atoms with E-state index >= 15 is 0 Å². The molecule has 0 bridgehead atoms. The highest BCUT2D eigenvalue weighted by atomic mass is 16.5. The van der Waals surface area contributed by atoms with E-state index in [9.17, 15) is 9.59 Å². The summed E-state index contributed by atoms with van der Waals surface area (Å²) in [6.45, 7) is 5.78. The molecule has 0 aliphatic heterocycles. The van der Waals surface area contributed by atoms with Crippen LogP contribution in [0, 0.1) is 13.8 Å². The van der Waals surface area contributed by atoms with Gasteiger partial charge < -0.3 is 4.74 Å². The van der Waals surface area contributed by atoms with Gasteiger partial charge in [-0.25, -0.2) is 4.79 Å². The summed E-state index contributed by atoms with van der Waals surface area (Å²) in [5.74, 6) is -0.407. The van der Waals surface area contributed by atoms with E-state index in [0.29, 0.717) is 22.0 Å². The lowest BCUT2D eigenvalue weighted by molar-refractivity contribution is 0.0527. The molecule has 0 fully saturated rings. The van der Waals surface area contributed by atoms with Gasteiger partial charge in [-0.2, -0.15) is 0 Å². The van der Waals surface area contributed by atoms with Crippen LogP contribution in [0.5, 0.6) is 0 Å². The number of hydrogen-bond acceptors (Lipinski definition) is 3. The van der Waals surface area contributed by atoms with Gasteiger partial charge in [0.25, 0.3) is 5.56 Å². The first-order chi connectivity index (χ1) is 11.5. The topological polar surface area (TPSA) is 48.3 Å². The normalized spacial score (nSPS) is 10.8. The van der Waals surface area contributed by atoms with Crippen molar-refractivity contribution >= 4 is 16.7 Å². The van der Waals surface area contributed by atoms with Crippen molar-refractivity contribution < 1.29 is 9.53 Å². The fraction of sp³-hybridized carbons (Fsp3) is 0.200. The number of hydrogen-bond donors (Lipinski definition) is 0. The zero-order chi connectivity index (χ0) is 17.3. The summed E-state index contributed by atoms with van der Waals surface area (Å²) in [4.78, 5) is 25.6. The number of carbonyl (C=O) groups is 1. The molecule has 122 valence electrons. The van der Waals surface area contributed by atoms with Crippen molar-refractivity contribution in [3.63, 3.8) is 0 Å². The molecule has 0 radical (unpaired) electrons. The van der Waals surface area contributed by atoms with Crippen LogP contribution in [0.2, 0.25) is 0 Å². The third kappa shape index (κ3) is 2.60. The van der Waals surface area contributed by atoms with E-state index < -0.39 is 5.97 Å². The molecule has 4 nitrogen and oxygen atoms in total. The molecular formula is C20H19NO3. The summed E-state index contributed by atoms with van der Waals surface area (Å²) in [5, 5.41) is 1.15. The third-order valence-electron chi connectivity index (χ3n) is 4.07. The average Bonchev–Trinajstić information content (AvgIpc) is 2.56. The molecule has 0 aliphatic carbocycles. The van der Waals surface area contributed by atoms with Crippen LogP contribution in [0.4, 0.5) is 0 Å². The molecule has 1 aromatic heterocycles. The summed E-state index contributed by atoms with van der Waals surface area (Å²) >= 11 is 0. The zero-order valence-corrected chi connectivity index (χ0v) is 14.0. The lowest BCUT2D eigenvalue weighted by atomic mass is 10.0. The Kier molecular flexibility index (Phi) is 4.21. The highest BCUT2D eigenvalue weighted by molar-refractivity contribution is 6.05. The van der Waals surface area contributed by atoms with Crippen LogP contribution < -0.4 is 5.56 Å². The summed E-state index contributed by atoms with van der Waals surface area (Å²) in [5.41, 5.74) is 2.61. The first-order valence-corrected chi connectivity index (χ1v) is 7.93. The fourth-order valence-corrected chi connectivity index (χ4v) is 2.98. The van der Waals surface area contributed by atoms with Crippen LogP contribution in [-0.4, -0.2) is 17.1 Å². The summed E-state index contributed by atoms with van der Waals surface area (Å²) in [7, 11) is 0. The first-order valence-electron chi connectivity index (χ1n) is 7.93. The molecule has 3 aromatic rings. The number of pyridine rings is 1. The fourth-order valence-electron chi connectivity index (χ4n) is 2.98. The number of para-hydroxylation sites is 1. The van der Waals surface area contributed by atoms with E-state index in [1.54, 1.807) is 24.5 Å². The molecule has 0 saturated heterocycles. The highest BCUT2D eigenvalue weighted by Gasteiger charge is 2.21. The maximum Gasteiger partial charge on any atom is 0.340 e. The van der Waals surface area contributed by atoms with E-state index in [-0.39, 0.29) is 12.2 Å². The van der Waals surface area contributed by atoms with Crippen LogP contribution in [0.25, 0.3) is 16.5 Å². The standard InChI is InChI=1S/C20H19NO3/c1-4-24-20(23)18-14(3)21(15-8-6-5-7-9-15)19(22)16-11-10-13(2)12-17(16)18/h5-12H,4H2,1-3H3. The van der Waals surface area contributed by atoms with Gasteiger partial charge in [0.2, 0.25) is 0 Å². The summed E-state index contributed by atoms with van der Waals surface area (Å²) < 4.78 is 6.81. The second-order valence-corrected chi connectivity index (χ2v) is 5.71. The predicted molar refractivity (Wildman–Crippen MR) is 95.0 cm³/mol. The molecule has 0 saturated carbocycles. The molecule has 1 heterocycles. The predicted octanol–water partition coefficient (Wildman–Crippen LogP) is 3.78. The van der Waals surface area contributed by atoms with Crippen molar-refractivity contribution in [2.24, 2.45) is 0 Å². The molecule has 0 N–H and O–H groups in total. The van der Waals surface area contributed by atoms with Crippen molar-refractivity contribution in [1.29, 1.82) is 0 Å². The number of carbonyl (C=O) groups excluding carboxylic acids is 1. The lowest BCUT2D eigenvalue weighted by Crippen LogP contribution is -2.25. The van der Waals surface area contributed by atoms with Crippen molar-refractivity contribution in [2.75, 3.05) is 6.61 Å². The quantitative estimate of drug-likeness (QED) is 0.690. The Morgan fingerprint density at radius 2 is 1.75 bits per heavy atom. The highest BCUT2D eigenvalue weighted by Crippen LogP contribution is 2.24.